The third kappa shape index (κ3) is 1.68. The molecule has 0 atom stereocenters. The fraction of sp³-hybridized carbons (Fsp3) is 0.0714. The van der Waals surface area contributed by atoms with Crippen molar-refractivity contribution in [2.75, 3.05) is 17.7 Å². The molecule has 2 aromatic carbocycles. The van der Waals surface area contributed by atoms with Gasteiger partial charge in [0.1, 0.15) is 5.75 Å². The fourth-order valence-electron chi connectivity index (χ4n) is 1.98. The standard InChI is InChI=1S/C14H12N2O2/c1-18-9-6-7-11-10(8-9)14(17)16-13-5-3-2-4-12(13)15-11/h2-8,15H,1H3,(H,16,17). The van der Waals surface area contributed by atoms with Crippen molar-refractivity contribution >= 4 is 23.0 Å². The van der Waals surface area contributed by atoms with E-state index in [1.165, 1.54) is 0 Å². The van der Waals surface area contributed by atoms with E-state index in [9.17, 15) is 4.79 Å². The minimum Gasteiger partial charge on any atom is -0.497 e. The number of carbonyl (C=O) groups is 1. The second kappa shape index (κ2) is 4.07. The van der Waals surface area contributed by atoms with E-state index in [0.29, 0.717) is 11.3 Å². The zero-order chi connectivity index (χ0) is 12.5. The number of carbonyl (C=O) groups excluding carboxylic acids is 1. The molecule has 18 heavy (non-hydrogen) atoms. The monoisotopic (exact) mass is 240 g/mol. The molecule has 0 bridgehead atoms. The summed E-state index contributed by atoms with van der Waals surface area (Å²) in [5.74, 6) is 0.526. The van der Waals surface area contributed by atoms with Crippen LogP contribution in [0.5, 0.6) is 5.75 Å². The van der Waals surface area contributed by atoms with Gasteiger partial charge in [0.05, 0.1) is 29.7 Å². The number of hydrogen-bond donors (Lipinski definition) is 2. The number of rotatable bonds is 1. The molecule has 0 aliphatic carbocycles. The number of benzene rings is 2. The molecule has 0 radical (unpaired) electrons. The molecule has 1 aliphatic heterocycles. The van der Waals surface area contributed by atoms with E-state index < -0.39 is 0 Å². The van der Waals surface area contributed by atoms with Crippen LogP contribution < -0.4 is 15.4 Å². The molecule has 0 unspecified atom stereocenters. The third-order valence-electron chi connectivity index (χ3n) is 2.92. The predicted octanol–water partition coefficient (Wildman–Crippen LogP) is 3.00. The van der Waals surface area contributed by atoms with E-state index in [1.54, 1.807) is 13.2 Å². The maximum Gasteiger partial charge on any atom is 0.257 e. The molecule has 90 valence electrons. The molecule has 0 fully saturated rings. The number of para-hydroxylation sites is 2. The lowest BCUT2D eigenvalue weighted by molar-refractivity contribution is 0.102. The molecule has 1 amide bonds. The van der Waals surface area contributed by atoms with Gasteiger partial charge in [-0.25, -0.2) is 0 Å². The zero-order valence-corrected chi connectivity index (χ0v) is 9.86. The number of ether oxygens (including phenoxy) is 1. The van der Waals surface area contributed by atoms with Crippen LogP contribution in [0.25, 0.3) is 0 Å². The van der Waals surface area contributed by atoms with Gasteiger partial charge in [-0.3, -0.25) is 4.79 Å². The molecule has 2 aromatic rings. The highest BCUT2D eigenvalue weighted by atomic mass is 16.5. The normalized spacial score (nSPS) is 12.6. The minimum atomic E-state index is -0.138. The number of hydrogen-bond acceptors (Lipinski definition) is 3. The lowest BCUT2D eigenvalue weighted by atomic mass is 10.1. The molecule has 4 heteroatoms. The Morgan fingerprint density at radius 1 is 0.944 bits per heavy atom. The molecule has 1 aliphatic rings. The SMILES string of the molecule is COc1ccc2c(c1)C(=O)Nc1ccccc1N2. The average Bonchev–Trinajstić information content (AvgIpc) is 2.54. The van der Waals surface area contributed by atoms with Gasteiger partial charge < -0.3 is 15.4 Å². The van der Waals surface area contributed by atoms with Crippen molar-refractivity contribution in [1.82, 2.24) is 0 Å². The molecule has 4 nitrogen and oxygen atoms in total. The first-order valence-corrected chi connectivity index (χ1v) is 5.63. The summed E-state index contributed by atoms with van der Waals surface area (Å²) in [5, 5.41) is 6.12. The maximum atomic E-state index is 12.1. The first-order chi connectivity index (χ1) is 8.78. The van der Waals surface area contributed by atoms with E-state index in [4.69, 9.17) is 4.74 Å². The van der Waals surface area contributed by atoms with Crippen molar-refractivity contribution < 1.29 is 9.53 Å². The van der Waals surface area contributed by atoms with Crippen LogP contribution in [-0.4, -0.2) is 13.0 Å². The first kappa shape index (κ1) is 10.7. The summed E-state index contributed by atoms with van der Waals surface area (Å²) < 4.78 is 5.14. The van der Waals surface area contributed by atoms with Crippen LogP contribution in [0.2, 0.25) is 0 Å². The summed E-state index contributed by atoms with van der Waals surface area (Å²) in [6, 6.07) is 13.0. The molecule has 0 saturated heterocycles. The Balaban J connectivity index is 2.13. The average molecular weight is 240 g/mol. The van der Waals surface area contributed by atoms with Crippen LogP contribution >= 0.6 is 0 Å². The summed E-state index contributed by atoms with van der Waals surface area (Å²) in [6.07, 6.45) is 0. The van der Waals surface area contributed by atoms with E-state index >= 15 is 0 Å². The largest absolute Gasteiger partial charge is 0.497 e. The van der Waals surface area contributed by atoms with E-state index in [1.807, 2.05) is 36.4 Å². The summed E-state index contributed by atoms with van der Waals surface area (Å²) in [7, 11) is 1.58. The van der Waals surface area contributed by atoms with Gasteiger partial charge in [0.25, 0.3) is 5.91 Å². The van der Waals surface area contributed by atoms with E-state index in [-0.39, 0.29) is 5.91 Å². The lowest BCUT2D eigenvalue weighted by Crippen LogP contribution is -2.10. The van der Waals surface area contributed by atoms with Crippen LogP contribution in [0.3, 0.4) is 0 Å². The number of methoxy groups -OCH3 is 1. The van der Waals surface area contributed by atoms with Crippen LogP contribution in [0, 0.1) is 0 Å². The number of amides is 1. The Morgan fingerprint density at radius 2 is 1.67 bits per heavy atom. The van der Waals surface area contributed by atoms with Gasteiger partial charge >= 0.3 is 0 Å². The lowest BCUT2D eigenvalue weighted by Gasteiger charge is -2.08. The molecule has 0 saturated carbocycles. The molecule has 0 spiro atoms. The van der Waals surface area contributed by atoms with Crippen LogP contribution in [0.1, 0.15) is 10.4 Å². The van der Waals surface area contributed by atoms with Crippen molar-refractivity contribution in [1.29, 1.82) is 0 Å². The van der Waals surface area contributed by atoms with Crippen LogP contribution in [0.15, 0.2) is 42.5 Å². The van der Waals surface area contributed by atoms with Gasteiger partial charge in [0, 0.05) is 0 Å². The van der Waals surface area contributed by atoms with Gasteiger partial charge in [-0.1, -0.05) is 12.1 Å². The Bertz CT molecular complexity index is 623. The summed E-state index contributed by atoms with van der Waals surface area (Å²) >= 11 is 0. The smallest absolute Gasteiger partial charge is 0.257 e. The van der Waals surface area contributed by atoms with Crippen molar-refractivity contribution in [2.45, 2.75) is 0 Å². The van der Waals surface area contributed by atoms with Crippen molar-refractivity contribution in [3.05, 3.63) is 48.0 Å². The molecule has 1 heterocycles. The Labute approximate surface area is 105 Å². The maximum absolute atomic E-state index is 12.1. The van der Waals surface area contributed by atoms with Crippen molar-refractivity contribution in [3.8, 4) is 5.75 Å². The fourth-order valence-corrected chi connectivity index (χ4v) is 1.98. The van der Waals surface area contributed by atoms with Gasteiger partial charge in [-0.2, -0.15) is 0 Å². The molecular formula is C14H12N2O2. The highest BCUT2D eigenvalue weighted by molar-refractivity contribution is 6.12. The summed E-state index contributed by atoms with van der Waals surface area (Å²) in [6.45, 7) is 0. The van der Waals surface area contributed by atoms with Crippen LogP contribution in [0.4, 0.5) is 17.1 Å². The topological polar surface area (TPSA) is 50.4 Å². The zero-order valence-electron chi connectivity index (χ0n) is 9.86. The molecule has 2 N–H and O–H groups in total. The highest BCUT2D eigenvalue weighted by Gasteiger charge is 2.18. The van der Waals surface area contributed by atoms with E-state index in [2.05, 4.69) is 10.6 Å². The summed E-state index contributed by atoms with van der Waals surface area (Å²) in [5.41, 5.74) is 3.01. The van der Waals surface area contributed by atoms with Crippen molar-refractivity contribution in [2.24, 2.45) is 0 Å². The minimum absolute atomic E-state index is 0.138. The summed E-state index contributed by atoms with van der Waals surface area (Å²) in [4.78, 5) is 12.1. The molecular weight excluding hydrogens is 228 g/mol. The third-order valence-corrected chi connectivity index (χ3v) is 2.92. The van der Waals surface area contributed by atoms with Gasteiger partial charge in [-0.05, 0) is 30.3 Å². The second-order valence-electron chi connectivity index (χ2n) is 4.04. The van der Waals surface area contributed by atoms with Gasteiger partial charge in [-0.15, -0.1) is 0 Å². The molecule has 3 rings (SSSR count). The molecule has 0 aromatic heterocycles. The Morgan fingerprint density at radius 3 is 2.39 bits per heavy atom. The van der Waals surface area contributed by atoms with Crippen LogP contribution in [-0.2, 0) is 0 Å². The number of anilines is 3. The Hall–Kier alpha value is -2.49. The van der Waals surface area contributed by atoms with E-state index in [0.717, 1.165) is 17.1 Å². The Kier molecular flexibility index (Phi) is 2.41. The number of nitrogens with one attached hydrogen (secondary N) is 2. The predicted molar refractivity (Wildman–Crippen MR) is 70.7 cm³/mol. The first-order valence-electron chi connectivity index (χ1n) is 5.63. The van der Waals surface area contributed by atoms with Gasteiger partial charge in [0.15, 0.2) is 0 Å². The van der Waals surface area contributed by atoms with Gasteiger partial charge in [0.2, 0.25) is 0 Å². The number of fused-ring (bicyclic) bond motifs is 2. The highest BCUT2D eigenvalue weighted by Crippen LogP contribution is 2.33. The van der Waals surface area contributed by atoms with Crippen molar-refractivity contribution in [3.63, 3.8) is 0 Å². The quantitative estimate of drug-likeness (QED) is 0.805. The second-order valence-corrected chi connectivity index (χ2v) is 4.04.